The Morgan fingerprint density at radius 1 is 1.33 bits per heavy atom. The quantitative estimate of drug-likeness (QED) is 0.772. The molecular weight excluding hydrogens is 381 g/mol. The van der Waals surface area contributed by atoms with Crippen molar-refractivity contribution in [2.24, 2.45) is 7.05 Å². The number of carbonyl (C=O) groups is 1. The smallest absolute Gasteiger partial charge is 0.308 e. The zero-order valence-electron chi connectivity index (χ0n) is 13.0. The summed E-state index contributed by atoms with van der Waals surface area (Å²) in [4.78, 5) is 37.4. The lowest BCUT2D eigenvalue weighted by molar-refractivity contribution is -0.119. The van der Waals surface area contributed by atoms with Crippen molar-refractivity contribution in [3.05, 3.63) is 61.1 Å². The number of halogens is 2. The monoisotopic (exact) mass is 395 g/mol. The molecule has 126 valence electrons. The number of aryl methyl sites for hydroxylation is 1. The fraction of sp³-hybridized carbons (Fsp3) is 0.312. The molecule has 3 rings (SSSR count). The first-order valence-corrected chi connectivity index (χ1v) is 8.22. The summed E-state index contributed by atoms with van der Waals surface area (Å²) in [5.41, 5.74) is 0.00822. The predicted molar refractivity (Wildman–Crippen MR) is 90.7 cm³/mol. The molecule has 0 aliphatic carbocycles. The summed E-state index contributed by atoms with van der Waals surface area (Å²) in [7, 11) is 1.35. The largest absolute Gasteiger partial charge is 0.331 e. The molecule has 0 spiro atoms. The summed E-state index contributed by atoms with van der Waals surface area (Å²) < 4.78 is 17.0. The van der Waals surface area contributed by atoms with Gasteiger partial charge in [-0.3, -0.25) is 18.7 Å². The molecule has 1 aromatic heterocycles. The van der Waals surface area contributed by atoms with Crippen molar-refractivity contribution >= 4 is 27.5 Å². The molecule has 0 atom stereocenters. The molecule has 1 aliphatic rings. The van der Waals surface area contributed by atoms with Gasteiger partial charge in [-0.05, 0) is 30.5 Å². The lowest BCUT2D eigenvalue weighted by atomic mass is 10.0. The van der Waals surface area contributed by atoms with Crippen molar-refractivity contribution < 1.29 is 9.18 Å². The number of carbonyl (C=O) groups excluding carboxylic acids is 1. The first-order valence-electron chi connectivity index (χ1n) is 7.43. The van der Waals surface area contributed by atoms with Crippen LogP contribution in [0.2, 0.25) is 0 Å². The van der Waals surface area contributed by atoms with E-state index in [9.17, 15) is 18.8 Å². The highest BCUT2D eigenvalue weighted by Gasteiger charge is 2.26. The van der Waals surface area contributed by atoms with E-state index in [0.717, 1.165) is 21.1 Å². The number of aromatic nitrogens is 2. The van der Waals surface area contributed by atoms with E-state index in [1.807, 2.05) is 0 Å². The Bertz CT molecular complexity index is 935. The van der Waals surface area contributed by atoms with Gasteiger partial charge in [0.15, 0.2) is 0 Å². The molecular formula is C16H15BrFN3O3. The van der Waals surface area contributed by atoms with Crippen LogP contribution in [0.3, 0.4) is 0 Å². The number of hydrogen-bond donors (Lipinski definition) is 0. The molecule has 6 nitrogen and oxygen atoms in total. The Hall–Kier alpha value is -2.22. The van der Waals surface area contributed by atoms with Gasteiger partial charge in [-0.25, -0.2) is 9.18 Å². The first-order chi connectivity index (χ1) is 11.4. The van der Waals surface area contributed by atoms with E-state index in [4.69, 9.17) is 0 Å². The maximum atomic E-state index is 14.3. The number of anilines is 1. The van der Waals surface area contributed by atoms with Gasteiger partial charge in [-0.1, -0.05) is 15.9 Å². The molecule has 24 heavy (non-hydrogen) atoms. The summed E-state index contributed by atoms with van der Waals surface area (Å²) in [5, 5.41) is 0. The molecule has 0 saturated carbocycles. The second kappa shape index (κ2) is 6.35. The summed E-state index contributed by atoms with van der Waals surface area (Å²) in [6.07, 6.45) is 2.69. The van der Waals surface area contributed by atoms with E-state index in [2.05, 4.69) is 15.9 Å². The zero-order valence-corrected chi connectivity index (χ0v) is 14.5. The second-order valence-electron chi connectivity index (χ2n) is 5.67. The van der Waals surface area contributed by atoms with E-state index < -0.39 is 23.0 Å². The van der Waals surface area contributed by atoms with Crippen LogP contribution >= 0.6 is 15.9 Å². The van der Waals surface area contributed by atoms with E-state index >= 15 is 0 Å². The van der Waals surface area contributed by atoms with Crippen molar-refractivity contribution in [2.45, 2.75) is 19.4 Å². The van der Waals surface area contributed by atoms with Crippen LogP contribution in [-0.2, 0) is 24.8 Å². The number of hydrogen-bond acceptors (Lipinski definition) is 3. The molecule has 1 aromatic carbocycles. The normalized spacial score (nSPS) is 13.7. The third-order valence-electron chi connectivity index (χ3n) is 4.07. The summed E-state index contributed by atoms with van der Waals surface area (Å²) in [5.74, 6) is -0.863. The van der Waals surface area contributed by atoms with Gasteiger partial charge < -0.3 is 4.90 Å². The highest BCUT2D eigenvalue weighted by Crippen LogP contribution is 2.33. The third-order valence-corrected chi connectivity index (χ3v) is 4.53. The van der Waals surface area contributed by atoms with E-state index in [-0.39, 0.29) is 12.2 Å². The standard InChI is InChI=1S/C16H15BrFN3O3/c1-19-13(22)4-6-20(16(19)24)9-14(23)21-5-2-3-10-7-11(17)8-12(18)15(10)21/h4,6-8H,2-3,5,9H2,1H3. The van der Waals surface area contributed by atoms with Gasteiger partial charge in [0, 0.05) is 30.3 Å². The van der Waals surface area contributed by atoms with Crippen LogP contribution in [0.5, 0.6) is 0 Å². The van der Waals surface area contributed by atoms with Gasteiger partial charge in [0.1, 0.15) is 12.4 Å². The highest BCUT2D eigenvalue weighted by molar-refractivity contribution is 9.10. The molecule has 0 bridgehead atoms. The van der Waals surface area contributed by atoms with Crippen LogP contribution < -0.4 is 16.1 Å². The molecule has 1 amide bonds. The minimum atomic E-state index is -0.579. The van der Waals surface area contributed by atoms with E-state index in [0.29, 0.717) is 17.4 Å². The minimum absolute atomic E-state index is 0.248. The van der Waals surface area contributed by atoms with Crippen LogP contribution in [0, 0.1) is 5.82 Å². The topological polar surface area (TPSA) is 64.3 Å². The second-order valence-corrected chi connectivity index (χ2v) is 6.58. The summed E-state index contributed by atoms with van der Waals surface area (Å²) in [6.45, 7) is 0.146. The first kappa shape index (κ1) is 16.6. The fourth-order valence-electron chi connectivity index (χ4n) is 2.87. The van der Waals surface area contributed by atoms with Gasteiger partial charge in [-0.2, -0.15) is 0 Å². The molecule has 0 unspecified atom stereocenters. The number of benzene rings is 1. The van der Waals surface area contributed by atoms with Crippen LogP contribution in [0.1, 0.15) is 12.0 Å². The lowest BCUT2D eigenvalue weighted by Gasteiger charge is -2.30. The molecule has 0 fully saturated rings. The van der Waals surface area contributed by atoms with E-state index in [1.54, 1.807) is 6.07 Å². The van der Waals surface area contributed by atoms with Gasteiger partial charge in [-0.15, -0.1) is 0 Å². The van der Waals surface area contributed by atoms with Crippen LogP contribution in [0.4, 0.5) is 10.1 Å². The number of rotatable bonds is 2. The molecule has 0 saturated heterocycles. The molecule has 0 radical (unpaired) electrons. The minimum Gasteiger partial charge on any atom is -0.308 e. The number of amides is 1. The van der Waals surface area contributed by atoms with Crippen molar-refractivity contribution in [3.63, 3.8) is 0 Å². The average molecular weight is 396 g/mol. The van der Waals surface area contributed by atoms with Crippen LogP contribution in [-0.4, -0.2) is 21.6 Å². The van der Waals surface area contributed by atoms with Gasteiger partial charge in [0.25, 0.3) is 5.56 Å². The summed E-state index contributed by atoms with van der Waals surface area (Å²) in [6, 6.07) is 4.34. The van der Waals surface area contributed by atoms with Gasteiger partial charge in [0.2, 0.25) is 5.91 Å². The van der Waals surface area contributed by atoms with Crippen molar-refractivity contribution in [1.29, 1.82) is 0 Å². The molecule has 2 heterocycles. The highest BCUT2D eigenvalue weighted by atomic mass is 79.9. The molecule has 0 N–H and O–H groups in total. The van der Waals surface area contributed by atoms with E-state index in [1.165, 1.54) is 30.3 Å². The SMILES string of the molecule is Cn1c(=O)ccn(CC(=O)N2CCCc3cc(Br)cc(F)c32)c1=O. The van der Waals surface area contributed by atoms with Crippen LogP contribution in [0.25, 0.3) is 0 Å². The number of nitrogens with zero attached hydrogens (tertiary/aromatic N) is 3. The third kappa shape index (κ3) is 2.93. The van der Waals surface area contributed by atoms with Crippen LogP contribution in [0.15, 0.2) is 38.5 Å². The van der Waals surface area contributed by atoms with Crippen molar-refractivity contribution in [1.82, 2.24) is 9.13 Å². The average Bonchev–Trinajstić information content (AvgIpc) is 2.54. The van der Waals surface area contributed by atoms with Crippen molar-refractivity contribution in [3.8, 4) is 0 Å². The molecule has 2 aromatic rings. The number of fused-ring (bicyclic) bond motifs is 1. The Labute approximate surface area is 145 Å². The Morgan fingerprint density at radius 3 is 2.83 bits per heavy atom. The van der Waals surface area contributed by atoms with Gasteiger partial charge >= 0.3 is 5.69 Å². The molecule has 8 heteroatoms. The maximum absolute atomic E-state index is 14.3. The van der Waals surface area contributed by atoms with Gasteiger partial charge in [0.05, 0.1) is 5.69 Å². The zero-order chi connectivity index (χ0) is 17.4. The Balaban J connectivity index is 1.95. The maximum Gasteiger partial charge on any atom is 0.331 e. The molecule has 1 aliphatic heterocycles. The Kier molecular flexibility index (Phi) is 4.40. The predicted octanol–water partition coefficient (Wildman–Crippen LogP) is 1.43. The Morgan fingerprint density at radius 2 is 2.08 bits per heavy atom. The lowest BCUT2D eigenvalue weighted by Crippen LogP contribution is -2.43. The summed E-state index contributed by atoms with van der Waals surface area (Å²) >= 11 is 3.25. The van der Waals surface area contributed by atoms with Crippen molar-refractivity contribution in [2.75, 3.05) is 11.4 Å². The fourth-order valence-corrected chi connectivity index (χ4v) is 3.35.